The molecule has 0 saturated carbocycles. The molecule has 2 rings (SSSR count). The Bertz CT molecular complexity index is 1140. The summed E-state index contributed by atoms with van der Waals surface area (Å²) in [5.41, 5.74) is -0.224. The van der Waals surface area contributed by atoms with Crippen LogP contribution in [0.15, 0.2) is 39.9 Å². The fourth-order valence-electron chi connectivity index (χ4n) is 3.55. The second-order valence-corrected chi connectivity index (χ2v) is 8.29. The SMILES string of the molecule is C=C(CC)C(CC)CCn1c(Nc2ccc(OC(C)C)c(F)c2)nc(=O)n(CCC(=O)O)c1=O. The van der Waals surface area contributed by atoms with Gasteiger partial charge < -0.3 is 15.2 Å². The van der Waals surface area contributed by atoms with Gasteiger partial charge in [0.25, 0.3) is 0 Å². The first-order valence-electron chi connectivity index (χ1n) is 11.4. The quantitative estimate of drug-likeness (QED) is 0.421. The van der Waals surface area contributed by atoms with E-state index in [1.54, 1.807) is 19.9 Å². The van der Waals surface area contributed by atoms with Gasteiger partial charge in [0.15, 0.2) is 11.6 Å². The predicted molar refractivity (Wildman–Crippen MR) is 128 cm³/mol. The molecule has 0 amide bonds. The number of benzene rings is 1. The molecule has 186 valence electrons. The van der Waals surface area contributed by atoms with Crippen molar-refractivity contribution >= 4 is 17.6 Å². The average Bonchev–Trinajstić information content (AvgIpc) is 2.76. The molecule has 0 spiro atoms. The monoisotopic (exact) mass is 476 g/mol. The van der Waals surface area contributed by atoms with Crippen molar-refractivity contribution in [2.75, 3.05) is 5.32 Å². The van der Waals surface area contributed by atoms with Gasteiger partial charge in [-0.2, -0.15) is 4.98 Å². The van der Waals surface area contributed by atoms with Gasteiger partial charge in [0.05, 0.1) is 12.5 Å². The van der Waals surface area contributed by atoms with Gasteiger partial charge >= 0.3 is 17.3 Å². The molecule has 2 aromatic rings. The fraction of sp³-hybridized carbons (Fsp3) is 0.500. The second kappa shape index (κ2) is 12.2. The van der Waals surface area contributed by atoms with Gasteiger partial charge in [0.1, 0.15) is 0 Å². The molecule has 1 unspecified atom stereocenters. The third kappa shape index (κ3) is 7.03. The summed E-state index contributed by atoms with van der Waals surface area (Å²) < 4.78 is 21.9. The summed E-state index contributed by atoms with van der Waals surface area (Å²) in [5.74, 6) is -1.54. The van der Waals surface area contributed by atoms with Gasteiger partial charge in [-0.3, -0.25) is 9.36 Å². The lowest BCUT2D eigenvalue weighted by Crippen LogP contribution is -2.43. The van der Waals surface area contributed by atoms with E-state index in [1.807, 2.05) is 13.8 Å². The molecule has 1 atom stereocenters. The maximum absolute atomic E-state index is 14.5. The summed E-state index contributed by atoms with van der Waals surface area (Å²) in [5, 5.41) is 11.8. The van der Waals surface area contributed by atoms with Crippen LogP contribution in [0.3, 0.4) is 0 Å². The fourth-order valence-corrected chi connectivity index (χ4v) is 3.55. The molecular formula is C24H33FN4O5. The van der Waals surface area contributed by atoms with Crippen LogP contribution >= 0.6 is 0 Å². The number of anilines is 2. The van der Waals surface area contributed by atoms with Crippen LogP contribution in [-0.2, 0) is 17.9 Å². The van der Waals surface area contributed by atoms with Gasteiger partial charge in [-0.1, -0.05) is 26.0 Å². The number of allylic oxidation sites excluding steroid dienone is 1. The normalized spacial score (nSPS) is 11.9. The zero-order valence-corrected chi connectivity index (χ0v) is 20.1. The smallest absolute Gasteiger partial charge is 0.354 e. The molecule has 0 fully saturated rings. The molecule has 0 aliphatic carbocycles. The minimum Gasteiger partial charge on any atom is -0.488 e. The van der Waals surface area contributed by atoms with Crippen molar-refractivity contribution in [3.05, 3.63) is 57.1 Å². The lowest BCUT2D eigenvalue weighted by atomic mass is 9.92. The molecule has 0 saturated heterocycles. The Balaban J connectivity index is 2.45. The zero-order valence-electron chi connectivity index (χ0n) is 20.1. The van der Waals surface area contributed by atoms with E-state index in [4.69, 9.17) is 9.84 Å². The summed E-state index contributed by atoms with van der Waals surface area (Å²) in [4.78, 5) is 40.6. The molecular weight excluding hydrogens is 443 g/mol. The van der Waals surface area contributed by atoms with Crippen LogP contribution in [0.2, 0.25) is 0 Å². The van der Waals surface area contributed by atoms with E-state index in [2.05, 4.69) is 16.9 Å². The summed E-state index contributed by atoms with van der Waals surface area (Å²) in [6.07, 6.45) is 1.61. The molecule has 0 radical (unpaired) electrons. The highest BCUT2D eigenvalue weighted by Gasteiger charge is 2.17. The number of rotatable bonds is 13. The van der Waals surface area contributed by atoms with E-state index in [0.29, 0.717) is 6.42 Å². The molecule has 0 aliphatic rings. The first-order valence-corrected chi connectivity index (χ1v) is 11.4. The van der Waals surface area contributed by atoms with Gasteiger partial charge in [-0.15, -0.1) is 0 Å². The van der Waals surface area contributed by atoms with Gasteiger partial charge in [0.2, 0.25) is 5.95 Å². The average molecular weight is 477 g/mol. The lowest BCUT2D eigenvalue weighted by Gasteiger charge is -2.20. The molecule has 1 aromatic carbocycles. The highest BCUT2D eigenvalue weighted by molar-refractivity contribution is 5.66. The number of aliphatic carboxylic acids is 1. The molecule has 0 aliphatic heterocycles. The van der Waals surface area contributed by atoms with Crippen LogP contribution in [0.5, 0.6) is 5.75 Å². The molecule has 34 heavy (non-hydrogen) atoms. The van der Waals surface area contributed by atoms with E-state index in [1.165, 1.54) is 16.7 Å². The van der Waals surface area contributed by atoms with Crippen molar-refractivity contribution in [3.8, 4) is 5.75 Å². The van der Waals surface area contributed by atoms with Crippen molar-refractivity contribution in [1.29, 1.82) is 0 Å². The van der Waals surface area contributed by atoms with E-state index in [-0.39, 0.29) is 42.5 Å². The van der Waals surface area contributed by atoms with Crippen molar-refractivity contribution in [2.45, 2.75) is 72.6 Å². The minimum absolute atomic E-state index is 0.0459. The van der Waals surface area contributed by atoms with Crippen LogP contribution < -0.4 is 21.4 Å². The largest absolute Gasteiger partial charge is 0.488 e. The maximum Gasteiger partial charge on any atom is 0.354 e. The Hall–Kier alpha value is -3.43. The third-order valence-electron chi connectivity index (χ3n) is 5.48. The van der Waals surface area contributed by atoms with Crippen LogP contribution in [-0.4, -0.2) is 31.3 Å². The predicted octanol–water partition coefficient (Wildman–Crippen LogP) is 3.93. The van der Waals surface area contributed by atoms with E-state index < -0.39 is 29.6 Å². The summed E-state index contributed by atoms with van der Waals surface area (Å²) in [6.45, 7) is 11.6. The lowest BCUT2D eigenvalue weighted by molar-refractivity contribution is -0.137. The van der Waals surface area contributed by atoms with Gasteiger partial charge in [-0.05, 0) is 51.2 Å². The number of hydrogen-bond acceptors (Lipinski definition) is 6. The number of nitrogens with zero attached hydrogens (tertiary/aromatic N) is 3. The highest BCUT2D eigenvalue weighted by Crippen LogP contribution is 2.25. The second-order valence-electron chi connectivity index (χ2n) is 8.29. The van der Waals surface area contributed by atoms with Crippen molar-refractivity contribution in [1.82, 2.24) is 14.1 Å². The standard InChI is InChI=1S/C24H33FN4O5/c1-6-16(5)17(7-2)10-12-28-22(27-23(32)29(24(28)33)13-11-21(30)31)26-18-8-9-20(19(25)14-18)34-15(3)4/h8-9,14-15,17H,5-7,10-13H2,1-4H3,(H,30,31)(H,26,27,32). The molecule has 9 nitrogen and oxygen atoms in total. The highest BCUT2D eigenvalue weighted by atomic mass is 19.1. The minimum atomic E-state index is -1.13. The summed E-state index contributed by atoms with van der Waals surface area (Å²) in [7, 11) is 0. The first-order chi connectivity index (χ1) is 16.1. The summed E-state index contributed by atoms with van der Waals surface area (Å²) in [6, 6.07) is 4.20. The zero-order chi connectivity index (χ0) is 25.4. The number of carboxylic acids is 1. The number of ether oxygens (including phenoxy) is 1. The third-order valence-corrected chi connectivity index (χ3v) is 5.48. The molecule has 1 aromatic heterocycles. The van der Waals surface area contributed by atoms with Crippen molar-refractivity contribution in [2.24, 2.45) is 5.92 Å². The summed E-state index contributed by atoms with van der Waals surface area (Å²) >= 11 is 0. The first kappa shape index (κ1) is 26.8. The maximum atomic E-state index is 14.5. The molecule has 2 N–H and O–H groups in total. The van der Waals surface area contributed by atoms with Crippen LogP contribution in [0.4, 0.5) is 16.0 Å². The number of hydrogen-bond donors (Lipinski definition) is 2. The topological polar surface area (TPSA) is 115 Å². The van der Waals surface area contributed by atoms with Crippen LogP contribution in [0, 0.1) is 11.7 Å². The van der Waals surface area contributed by atoms with Crippen molar-refractivity contribution < 1.29 is 19.0 Å². The number of halogens is 1. The van der Waals surface area contributed by atoms with Crippen LogP contribution in [0.25, 0.3) is 0 Å². The Morgan fingerprint density at radius 2 is 1.94 bits per heavy atom. The molecule has 0 bridgehead atoms. The van der Waals surface area contributed by atoms with Crippen molar-refractivity contribution in [3.63, 3.8) is 0 Å². The van der Waals surface area contributed by atoms with Gasteiger partial charge in [-0.25, -0.2) is 18.5 Å². The number of carbonyl (C=O) groups is 1. The Labute approximate surface area is 197 Å². The number of nitrogens with one attached hydrogen (secondary N) is 1. The van der Waals surface area contributed by atoms with E-state index >= 15 is 0 Å². The number of carboxylic acid groups (broad SMARTS) is 1. The molecule has 1 heterocycles. The van der Waals surface area contributed by atoms with Gasteiger partial charge in [0, 0.05) is 24.8 Å². The Morgan fingerprint density at radius 1 is 1.24 bits per heavy atom. The van der Waals surface area contributed by atoms with Crippen LogP contribution in [0.1, 0.15) is 53.4 Å². The van der Waals surface area contributed by atoms with E-state index in [0.717, 1.165) is 23.0 Å². The Kier molecular flexibility index (Phi) is 9.58. The number of aromatic nitrogens is 3. The Morgan fingerprint density at radius 3 is 2.50 bits per heavy atom. The molecule has 10 heteroatoms. The van der Waals surface area contributed by atoms with E-state index in [9.17, 15) is 18.8 Å².